The maximum absolute atomic E-state index is 3.44. The van der Waals surface area contributed by atoms with Gasteiger partial charge in [-0.3, -0.25) is 0 Å². The maximum Gasteiger partial charge on any atom is 0.0249 e. The summed E-state index contributed by atoms with van der Waals surface area (Å²) in [5, 5.41) is 0. The van der Waals surface area contributed by atoms with Gasteiger partial charge in [-0.1, -0.05) is 88.2 Å². The number of allylic oxidation sites excluding steroid dienone is 2. The largest absolute Gasteiger partial charge is 0.0951 e. The Morgan fingerprint density at radius 3 is 2.26 bits per heavy atom. The van der Waals surface area contributed by atoms with E-state index in [1.165, 1.54) is 69.8 Å². The topological polar surface area (TPSA) is 0 Å². The predicted octanol–water partition coefficient (Wildman–Crippen LogP) is 7.33. The number of benzene rings is 1. The van der Waals surface area contributed by atoms with Crippen molar-refractivity contribution in [2.75, 3.05) is 0 Å². The zero-order chi connectivity index (χ0) is 19.2. The normalized spacial score (nSPS) is 19.2. The Hall–Kier alpha value is -1.92. The molecule has 2 rings (SSSR count). The molecule has 0 aliphatic heterocycles. The summed E-state index contributed by atoms with van der Waals surface area (Å²) in [5.41, 5.74) is 2.42. The third-order valence-electron chi connectivity index (χ3n) is 5.68. The van der Waals surface area contributed by atoms with Crippen molar-refractivity contribution in [2.45, 2.75) is 84.5 Å². The summed E-state index contributed by atoms with van der Waals surface area (Å²) in [6.45, 7) is 4.46. The fourth-order valence-corrected chi connectivity index (χ4v) is 3.83. The molecular formula is C27H36. The number of aryl methyl sites for hydroxylation is 1. The Balaban J connectivity index is 1.64. The first-order chi connectivity index (χ1) is 13.3. The van der Waals surface area contributed by atoms with E-state index >= 15 is 0 Å². The van der Waals surface area contributed by atoms with Gasteiger partial charge in [0.2, 0.25) is 0 Å². The minimum Gasteiger partial charge on any atom is -0.0951 e. The molecule has 0 nitrogen and oxygen atoms in total. The first-order valence-corrected chi connectivity index (χ1v) is 11.1. The molecule has 1 aliphatic rings. The van der Waals surface area contributed by atoms with E-state index in [1.807, 2.05) is 12.2 Å². The zero-order valence-corrected chi connectivity index (χ0v) is 17.4. The summed E-state index contributed by atoms with van der Waals surface area (Å²) in [4.78, 5) is 0. The highest BCUT2D eigenvalue weighted by molar-refractivity contribution is 5.39. The minimum atomic E-state index is 0.598. The van der Waals surface area contributed by atoms with Gasteiger partial charge in [-0.05, 0) is 67.9 Å². The van der Waals surface area contributed by atoms with Crippen LogP contribution in [0.2, 0.25) is 0 Å². The van der Waals surface area contributed by atoms with E-state index in [-0.39, 0.29) is 0 Å². The van der Waals surface area contributed by atoms with Crippen molar-refractivity contribution in [1.29, 1.82) is 0 Å². The quantitative estimate of drug-likeness (QED) is 0.353. The summed E-state index contributed by atoms with van der Waals surface area (Å²) in [6, 6.07) is 8.48. The second kappa shape index (κ2) is 13.3. The second-order valence-electron chi connectivity index (χ2n) is 7.86. The Kier molecular flexibility index (Phi) is 10.5. The van der Waals surface area contributed by atoms with Crippen molar-refractivity contribution >= 4 is 0 Å². The van der Waals surface area contributed by atoms with Gasteiger partial charge in [0.05, 0.1) is 0 Å². The molecule has 27 heavy (non-hydrogen) atoms. The van der Waals surface area contributed by atoms with Crippen LogP contribution in [0.5, 0.6) is 0 Å². The fourth-order valence-electron chi connectivity index (χ4n) is 3.83. The second-order valence-corrected chi connectivity index (χ2v) is 7.86. The average Bonchev–Trinajstić information content (AvgIpc) is 2.72. The molecule has 1 aliphatic carbocycles. The highest BCUT2D eigenvalue weighted by atomic mass is 14.2. The fraction of sp³-hybridized carbons (Fsp3) is 0.556. The average molecular weight is 361 g/mol. The van der Waals surface area contributed by atoms with Crippen molar-refractivity contribution in [3.05, 3.63) is 47.5 Å². The molecule has 1 aromatic carbocycles. The van der Waals surface area contributed by atoms with Crippen LogP contribution >= 0.6 is 0 Å². The smallest absolute Gasteiger partial charge is 0.0249 e. The molecule has 1 saturated carbocycles. The lowest BCUT2D eigenvalue weighted by Crippen LogP contribution is -2.13. The van der Waals surface area contributed by atoms with Gasteiger partial charge in [0.1, 0.15) is 0 Å². The number of unbranched alkanes of at least 4 members (excludes halogenated alkanes) is 4. The first-order valence-electron chi connectivity index (χ1n) is 11.1. The van der Waals surface area contributed by atoms with Crippen LogP contribution in [0, 0.1) is 35.5 Å². The summed E-state index contributed by atoms with van der Waals surface area (Å²) < 4.78 is 0. The molecule has 1 aromatic rings. The van der Waals surface area contributed by atoms with E-state index in [1.54, 1.807) is 0 Å². The predicted molar refractivity (Wildman–Crippen MR) is 118 cm³/mol. The van der Waals surface area contributed by atoms with E-state index in [4.69, 9.17) is 0 Å². The van der Waals surface area contributed by atoms with E-state index in [9.17, 15) is 0 Å². The van der Waals surface area contributed by atoms with E-state index < -0.39 is 0 Å². The number of hydrogen-bond acceptors (Lipinski definition) is 0. The monoisotopic (exact) mass is 360 g/mol. The lowest BCUT2D eigenvalue weighted by Gasteiger charge is -2.25. The molecule has 0 N–H and O–H groups in total. The van der Waals surface area contributed by atoms with Gasteiger partial charge >= 0.3 is 0 Å². The van der Waals surface area contributed by atoms with Crippen LogP contribution in [0.15, 0.2) is 36.4 Å². The molecule has 0 atom stereocenters. The summed E-state index contributed by atoms with van der Waals surface area (Å²) in [6.07, 6.45) is 18.7. The summed E-state index contributed by atoms with van der Waals surface area (Å²) >= 11 is 0. The molecule has 0 saturated heterocycles. The number of rotatable bonds is 7. The highest BCUT2D eigenvalue weighted by Crippen LogP contribution is 2.31. The Bertz CT molecular complexity index is 661. The van der Waals surface area contributed by atoms with Gasteiger partial charge in [0.25, 0.3) is 0 Å². The van der Waals surface area contributed by atoms with Gasteiger partial charge < -0.3 is 0 Å². The summed E-state index contributed by atoms with van der Waals surface area (Å²) in [7, 11) is 0. The lowest BCUT2D eigenvalue weighted by molar-refractivity contribution is 0.294. The van der Waals surface area contributed by atoms with Crippen LogP contribution in [0.3, 0.4) is 0 Å². The molecular weight excluding hydrogens is 324 g/mol. The molecule has 0 spiro atoms. The molecule has 1 fully saturated rings. The van der Waals surface area contributed by atoms with Crippen molar-refractivity contribution in [3.63, 3.8) is 0 Å². The molecule has 0 heterocycles. The van der Waals surface area contributed by atoms with E-state index in [0.717, 1.165) is 17.9 Å². The lowest BCUT2D eigenvalue weighted by atomic mass is 9.80. The third-order valence-corrected chi connectivity index (χ3v) is 5.68. The van der Waals surface area contributed by atoms with E-state index in [0.29, 0.717) is 5.92 Å². The van der Waals surface area contributed by atoms with Crippen LogP contribution in [-0.2, 0) is 6.42 Å². The van der Waals surface area contributed by atoms with Gasteiger partial charge in [-0.15, -0.1) is 0 Å². The Morgan fingerprint density at radius 1 is 0.852 bits per heavy atom. The van der Waals surface area contributed by atoms with Crippen molar-refractivity contribution in [3.8, 4) is 23.7 Å². The van der Waals surface area contributed by atoms with Crippen molar-refractivity contribution in [2.24, 2.45) is 11.8 Å². The zero-order valence-electron chi connectivity index (χ0n) is 17.4. The standard InChI is InChI=1S/C27H36/c1-3-5-6-7-10-13-26-20-22-27(23-21-26)15-12-9-8-11-14-25-18-16-24(4-2)17-19-25/h8-9,16-19,26-27H,3-7,10,13,20-23H2,1-2H3/b9-8+. The van der Waals surface area contributed by atoms with Crippen molar-refractivity contribution in [1.82, 2.24) is 0 Å². The van der Waals surface area contributed by atoms with Crippen LogP contribution in [0.4, 0.5) is 0 Å². The number of hydrogen-bond donors (Lipinski definition) is 0. The molecule has 0 radical (unpaired) electrons. The van der Waals surface area contributed by atoms with E-state index in [2.05, 4.69) is 61.8 Å². The molecule has 0 unspecified atom stereocenters. The molecule has 0 aromatic heterocycles. The molecule has 0 amide bonds. The first kappa shape index (κ1) is 21.4. The third kappa shape index (κ3) is 9.02. The van der Waals surface area contributed by atoms with Crippen molar-refractivity contribution < 1.29 is 0 Å². The van der Waals surface area contributed by atoms with Gasteiger partial charge in [0.15, 0.2) is 0 Å². The van der Waals surface area contributed by atoms with Crippen LogP contribution in [0.1, 0.15) is 89.2 Å². The van der Waals surface area contributed by atoms with Gasteiger partial charge in [0, 0.05) is 11.5 Å². The van der Waals surface area contributed by atoms with Gasteiger partial charge in [-0.2, -0.15) is 0 Å². The summed E-state index contributed by atoms with van der Waals surface area (Å²) in [5.74, 6) is 14.5. The van der Waals surface area contributed by atoms with Crippen LogP contribution in [0.25, 0.3) is 0 Å². The molecule has 0 heteroatoms. The molecule has 0 bridgehead atoms. The van der Waals surface area contributed by atoms with Gasteiger partial charge in [-0.25, -0.2) is 0 Å². The van der Waals surface area contributed by atoms with Crippen LogP contribution in [-0.4, -0.2) is 0 Å². The maximum atomic E-state index is 3.44. The minimum absolute atomic E-state index is 0.598. The Morgan fingerprint density at radius 2 is 1.56 bits per heavy atom. The van der Waals surface area contributed by atoms with Crippen LogP contribution < -0.4 is 0 Å². The highest BCUT2D eigenvalue weighted by Gasteiger charge is 2.19. The molecule has 144 valence electrons. The Labute approximate surface area is 167 Å². The SMILES string of the molecule is CCCCCCCC1CCC(C#C/C=C/C#Cc2ccc(CC)cc2)CC1.